The summed E-state index contributed by atoms with van der Waals surface area (Å²) in [4.78, 5) is 72.3. The highest BCUT2D eigenvalue weighted by atomic mass is 31.2. The van der Waals surface area contributed by atoms with Crippen LogP contribution in [0.25, 0.3) is 0 Å². The van der Waals surface area contributed by atoms with Gasteiger partial charge in [0.2, 0.25) is 0 Å². The number of esters is 4. The first-order valence-corrected chi connectivity index (χ1v) is 39.5. The Kier molecular flexibility index (Phi) is 60.8. The summed E-state index contributed by atoms with van der Waals surface area (Å²) in [7, 11) is -9.89. The average Bonchev–Trinajstić information content (AvgIpc) is 3.71. The summed E-state index contributed by atoms with van der Waals surface area (Å²) in [6.07, 6.45) is 47.4. The zero-order valence-electron chi connectivity index (χ0n) is 57.7. The van der Waals surface area contributed by atoms with Crippen LogP contribution in [0.5, 0.6) is 0 Å². The van der Waals surface area contributed by atoms with E-state index in [4.69, 9.17) is 37.0 Å². The van der Waals surface area contributed by atoms with Crippen LogP contribution in [-0.4, -0.2) is 96.7 Å². The lowest BCUT2D eigenvalue weighted by atomic mass is 9.99. The first kappa shape index (κ1) is 87.1. The molecule has 0 aliphatic rings. The van der Waals surface area contributed by atoms with Gasteiger partial charge in [-0.1, -0.05) is 305 Å². The number of rotatable bonds is 69. The second-order valence-electron chi connectivity index (χ2n) is 26.0. The summed E-state index contributed by atoms with van der Waals surface area (Å²) in [6.45, 7) is 9.52. The summed E-state index contributed by atoms with van der Waals surface area (Å²) < 4.78 is 68.1. The zero-order chi connectivity index (χ0) is 65.7. The minimum atomic E-state index is -4.95. The van der Waals surface area contributed by atoms with Crippen LogP contribution in [-0.2, 0) is 65.4 Å². The normalized spacial score (nSPS) is 14.4. The third-order valence-electron chi connectivity index (χ3n) is 16.6. The van der Waals surface area contributed by atoms with Crippen LogP contribution in [0, 0.1) is 11.8 Å². The van der Waals surface area contributed by atoms with Gasteiger partial charge in [0.25, 0.3) is 0 Å². The van der Waals surface area contributed by atoms with Crippen molar-refractivity contribution in [2.45, 2.75) is 374 Å². The van der Waals surface area contributed by atoms with Crippen LogP contribution < -0.4 is 0 Å². The molecule has 0 aromatic carbocycles. The molecule has 17 nitrogen and oxygen atoms in total. The second-order valence-corrected chi connectivity index (χ2v) is 28.9. The molecule has 0 aromatic rings. The lowest BCUT2D eigenvalue weighted by Gasteiger charge is -2.21. The van der Waals surface area contributed by atoms with Gasteiger partial charge < -0.3 is 33.8 Å². The van der Waals surface area contributed by atoms with Gasteiger partial charge in [-0.2, -0.15) is 0 Å². The summed E-state index contributed by atoms with van der Waals surface area (Å²) in [5.74, 6) is -0.517. The Labute approximate surface area is 543 Å². The summed E-state index contributed by atoms with van der Waals surface area (Å²) in [5, 5.41) is 10.6. The van der Waals surface area contributed by atoms with Gasteiger partial charge in [0.05, 0.1) is 26.4 Å². The molecule has 0 amide bonds. The fourth-order valence-corrected chi connectivity index (χ4v) is 12.1. The number of ether oxygens (including phenoxy) is 4. The van der Waals surface area contributed by atoms with Gasteiger partial charge >= 0.3 is 39.5 Å². The molecule has 0 aliphatic carbocycles. The van der Waals surface area contributed by atoms with Crippen molar-refractivity contribution in [3.05, 3.63) is 0 Å². The Morgan fingerprint density at radius 3 is 0.854 bits per heavy atom. The van der Waals surface area contributed by atoms with Crippen molar-refractivity contribution in [3.63, 3.8) is 0 Å². The maximum atomic E-state index is 13.0. The van der Waals surface area contributed by atoms with Crippen molar-refractivity contribution in [1.82, 2.24) is 0 Å². The van der Waals surface area contributed by atoms with Crippen LogP contribution in [0.1, 0.15) is 356 Å². The van der Waals surface area contributed by atoms with E-state index in [0.29, 0.717) is 25.7 Å². The van der Waals surface area contributed by atoms with Crippen molar-refractivity contribution in [2.24, 2.45) is 11.8 Å². The molecule has 6 atom stereocenters. The average molecular weight is 1310 g/mol. The molecule has 0 bridgehead atoms. The first-order chi connectivity index (χ1) is 42.9. The predicted octanol–water partition coefficient (Wildman–Crippen LogP) is 20.0. The quantitative estimate of drug-likeness (QED) is 0.0222. The Bertz CT molecular complexity index is 1740. The molecule has 0 saturated carbocycles. The van der Waals surface area contributed by atoms with E-state index in [-0.39, 0.29) is 25.7 Å². The molecule has 19 heteroatoms. The molecule has 3 N–H and O–H groups in total. The molecule has 0 radical (unpaired) electrons. The molecule has 0 aromatic heterocycles. The van der Waals surface area contributed by atoms with Crippen molar-refractivity contribution >= 4 is 39.5 Å². The molecule has 0 spiro atoms. The van der Waals surface area contributed by atoms with Crippen LogP contribution in [0.15, 0.2) is 0 Å². The van der Waals surface area contributed by atoms with Crippen molar-refractivity contribution < 1.29 is 80.2 Å². The van der Waals surface area contributed by atoms with Crippen molar-refractivity contribution in [2.75, 3.05) is 39.6 Å². The van der Waals surface area contributed by atoms with Crippen LogP contribution >= 0.6 is 15.6 Å². The Balaban J connectivity index is 5.16. The maximum absolute atomic E-state index is 13.0. The number of hydrogen-bond acceptors (Lipinski definition) is 15. The molecule has 0 saturated heterocycles. The fraction of sp³-hybridized carbons (Fsp3) is 0.943. The van der Waals surface area contributed by atoms with E-state index in [0.717, 1.165) is 108 Å². The van der Waals surface area contributed by atoms with Gasteiger partial charge in [-0.05, 0) is 37.5 Å². The Morgan fingerprint density at radius 1 is 0.326 bits per heavy atom. The zero-order valence-corrected chi connectivity index (χ0v) is 59.5. The number of carbonyl (C=O) groups is 4. The maximum Gasteiger partial charge on any atom is 0.472 e. The molecule has 0 fully saturated rings. The largest absolute Gasteiger partial charge is 0.472 e. The van der Waals surface area contributed by atoms with Gasteiger partial charge in [-0.15, -0.1) is 0 Å². The van der Waals surface area contributed by atoms with E-state index >= 15 is 0 Å². The van der Waals surface area contributed by atoms with Crippen LogP contribution in [0.3, 0.4) is 0 Å². The Morgan fingerprint density at radius 2 is 0.573 bits per heavy atom. The standard InChI is InChI=1S/C70H136O17P2/c1-7-10-12-14-15-16-17-25-31-36-42-48-54-69(74)86-65(58-80-67(72)52-46-38-13-11-8-2)60-84-88(76,77)82-56-64(71)57-83-89(78,79)85-61-66(59-81-68(73)53-47-41-35-30-27-22-23-28-33-39-44-50-62(4)5)87-70(75)55-49-43-37-32-26-21-19-18-20-24-29-34-40-45-51-63(6)9-3/h62-66,71H,7-61H2,1-6H3,(H,76,77)(H,78,79)/t63?,64-,65+,66+/m0/s1. The minimum absolute atomic E-state index is 0.106. The van der Waals surface area contributed by atoms with E-state index in [1.54, 1.807) is 0 Å². The molecule has 3 unspecified atom stereocenters. The van der Waals surface area contributed by atoms with E-state index in [1.807, 2.05) is 0 Å². The number of phosphoric acid groups is 2. The highest BCUT2D eigenvalue weighted by molar-refractivity contribution is 7.47. The number of unbranched alkanes of at least 4 members (excludes halogenated alkanes) is 38. The minimum Gasteiger partial charge on any atom is -0.462 e. The van der Waals surface area contributed by atoms with Gasteiger partial charge in [-0.3, -0.25) is 37.3 Å². The van der Waals surface area contributed by atoms with Gasteiger partial charge in [0.15, 0.2) is 12.2 Å². The van der Waals surface area contributed by atoms with E-state index in [2.05, 4.69) is 41.5 Å². The molecule has 528 valence electrons. The SMILES string of the molecule is CCCCCCCCCCCCCCC(=O)O[C@H](COC(=O)CCCCCCC)COP(=O)(O)OC[C@H](O)COP(=O)(O)OC[C@@H](COC(=O)CCCCCCCCCCCCCC(C)C)OC(=O)CCCCCCCCCCCCCCCCC(C)CC. The molecular weight excluding hydrogens is 1170 g/mol. The molecule has 89 heavy (non-hydrogen) atoms. The van der Waals surface area contributed by atoms with E-state index in [1.165, 1.54) is 167 Å². The lowest BCUT2D eigenvalue weighted by molar-refractivity contribution is -0.161. The third-order valence-corrected chi connectivity index (χ3v) is 18.5. The highest BCUT2D eigenvalue weighted by Crippen LogP contribution is 2.45. The number of carbonyl (C=O) groups excluding carboxylic acids is 4. The van der Waals surface area contributed by atoms with E-state index in [9.17, 15) is 43.2 Å². The topological polar surface area (TPSA) is 237 Å². The second kappa shape index (κ2) is 62.2. The summed E-state index contributed by atoms with van der Waals surface area (Å²) in [6, 6.07) is 0. The van der Waals surface area contributed by atoms with Gasteiger partial charge in [-0.25, -0.2) is 9.13 Å². The molecule has 0 rings (SSSR count). The van der Waals surface area contributed by atoms with Crippen molar-refractivity contribution in [3.8, 4) is 0 Å². The lowest BCUT2D eigenvalue weighted by Crippen LogP contribution is -2.30. The molecular formula is C70H136O17P2. The van der Waals surface area contributed by atoms with Crippen molar-refractivity contribution in [1.29, 1.82) is 0 Å². The summed E-state index contributed by atoms with van der Waals surface area (Å²) >= 11 is 0. The number of hydrogen-bond donors (Lipinski definition) is 3. The number of aliphatic hydroxyl groups is 1. The predicted molar refractivity (Wildman–Crippen MR) is 358 cm³/mol. The first-order valence-electron chi connectivity index (χ1n) is 36.5. The van der Waals surface area contributed by atoms with Crippen LogP contribution in [0.4, 0.5) is 0 Å². The van der Waals surface area contributed by atoms with E-state index < -0.39 is 97.5 Å². The summed E-state index contributed by atoms with van der Waals surface area (Å²) in [5.41, 5.74) is 0. The number of phosphoric ester groups is 2. The Hall–Kier alpha value is -1.94. The van der Waals surface area contributed by atoms with Crippen LogP contribution in [0.2, 0.25) is 0 Å². The smallest absolute Gasteiger partial charge is 0.462 e. The van der Waals surface area contributed by atoms with Gasteiger partial charge in [0, 0.05) is 25.7 Å². The fourth-order valence-electron chi connectivity index (χ4n) is 10.6. The van der Waals surface area contributed by atoms with Gasteiger partial charge in [0.1, 0.15) is 19.3 Å². The highest BCUT2D eigenvalue weighted by Gasteiger charge is 2.30. The molecule has 0 aliphatic heterocycles. The monoisotopic (exact) mass is 1310 g/mol. The molecule has 0 heterocycles. The third kappa shape index (κ3) is 63.2. The number of aliphatic hydroxyl groups excluding tert-OH is 1.